The van der Waals surface area contributed by atoms with E-state index in [0.717, 1.165) is 16.7 Å². The molecule has 0 amide bonds. The molecule has 0 aliphatic carbocycles. The van der Waals surface area contributed by atoms with Crippen molar-refractivity contribution in [1.29, 1.82) is 0 Å². The van der Waals surface area contributed by atoms with E-state index in [1.807, 2.05) is 14.1 Å². The molecule has 0 saturated heterocycles. The molecule has 6 nitrogen and oxygen atoms in total. The van der Waals surface area contributed by atoms with Crippen molar-refractivity contribution in [2.45, 2.75) is 19.5 Å². The quantitative estimate of drug-likeness (QED) is 0.572. The van der Waals surface area contributed by atoms with E-state index in [2.05, 4.69) is 15.0 Å². The van der Waals surface area contributed by atoms with E-state index in [9.17, 15) is 18.0 Å². The zero-order valence-electron chi connectivity index (χ0n) is 15.9. The van der Waals surface area contributed by atoms with E-state index in [-0.39, 0.29) is 5.56 Å². The average Bonchev–Trinajstić information content (AvgIpc) is 3.04. The first-order valence-electron chi connectivity index (χ1n) is 8.68. The number of hydrogen-bond acceptors (Lipinski definition) is 6. The number of alkyl halides is 3. The molecule has 10 heteroatoms. The lowest BCUT2D eigenvalue weighted by molar-refractivity contribution is -0.0881. The number of nitrogens with zero attached hydrogens (tertiary/aromatic N) is 5. The molecular weight excluding hydrogens is 403 g/mol. The second kappa shape index (κ2) is 8.16. The molecule has 3 heterocycles. The van der Waals surface area contributed by atoms with Crippen LogP contribution in [-0.2, 0) is 0 Å². The Balaban J connectivity index is 2.07. The molecule has 3 aromatic heterocycles. The first-order chi connectivity index (χ1) is 13.7. The number of thiophene rings is 1. The average molecular weight is 421 g/mol. The van der Waals surface area contributed by atoms with Crippen LogP contribution >= 0.6 is 11.3 Å². The highest BCUT2D eigenvalue weighted by Crippen LogP contribution is 2.33. The zero-order valence-corrected chi connectivity index (χ0v) is 16.8. The third kappa shape index (κ3) is 4.21. The van der Waals surface area contributed by atoms with Gasteiger partial charge in [0.2, 0.25) is 0 Å². The Bertz CT molecular complexity index is 1190. The highest BCUT2D eigenvalue weighted by atomic mass is 32.1. The van der Waals surface area contributed by atoms with Crippen molar-refractivity contribution in [1.82, 2.24) is 19.5 Å². The van der Waals surface area contributed by atoms with E-state index < -0.39 is 11.7 Å². The largest absolute Gasteiger partial charge is 0.416 e. The second-order valence-electron chi connectivity index (χ2n) is 6.28. The third-order valence-electron chi connectivity index (χ3n) is 3.99. The molecule has 29 heavy (non-hydrogen) atoms. The summed E-state index contributed by atoms with van der Waals surface area (Å²) in [6, 6.07) is 0. The molecular formula is C19H18F3N5OS. The minimum absolute atomic E-state index is 0.363. The van der Waals surface area contributed by atoms with Crippen molar-refractivity contribution < 1.29 is 13.2 Å². The molecule has 0 aliphatic rings. The minimum Gasteiger partial charge on any atom is -0.362 e. The highest BCUT2D eigenvalue weighted by molar-refractivity contribution is 7.25. The van der Waals surface area contributed by atoms with E-state index >= 15 is 0 Å². The number of halogens is 3. The normalized spacial score (nSPS) is 13.4. The maximum absolute atomic E-state index is 13.0. The predicted molar refractivity (Wildman–Crippen MR) is 110 cm³/mol. The maximum Gasteiger partial charge on any atom is 0.416 e. The molecule has 0 radical (unpaired) electrons. The van der Waals surface area contributed by atoms with Gasteiger partial charge in [-0.1, -0.05) is 19.1 Å². The van der Waals surface area contributed by atoms with Gasteiger partial charge in [-0.3, -0.25) is 9.36 Å². The number of aromatic nitrogens is 4. The topological polar surface area (TPSA) is 63.9 Å². The summed E-state index contributed by atoms with van der Waals surface area (Å²) < 4.78 is 40.6. The lowest BCUT2D eigenvalue weighted by atomic mass is 10.2. The van der Waals surface area contributed by atoms with Gasteiger partial charge in [-0.2, -0.15) is 13.2 Å². The molecule has 0 saturated carbocycles. The molecule has 0 spiro atoms. The van der Waals surface area contributed by atoms with Gasteiger partial charge in [0.25, 0.3) is 5.56 Å². The van der Waals surface area contributed by atoms with E-state index in [1.165, 1.54) is 42.3 Å². The van der Waals surface area contributed by atoms with Gasteiger partial charge in [0, 0.05) is 20.3 Å². The third-order valence-corrected chi connectivity index (χ3v) is 5.06. The molecule has 152 valence electrons. The van der Waals surface area contributed by atoms with Gasteiger partial charge >= 0.3 is 6.18 Å². The van der Waals surface area contributed by atoms with Gasteiger partial charge in [-0.05, 0) is 18.6 Å². The van der Waals surface area contributed by atoms with Crippen LogP contribution in [-0.4, -0.2) is 39.8 Å². The summed E-state index contributed by atoms with van der Waals surface area (Å²) in [6.07, 6.45) is 4.50. The first-order valence-corrected chi connectivity index (χ1v) is 9.49. The van der Waals surface area contributed by atoms with Crippen molar-refractivity contribution in [2.24, 2.45) is 0 Å². The molecule has 3 rings (SSSR count). The van der Waals surface area contributed by atoms with Gasteiger partial charge in [0.05, 0.1) is 11.0 Å². The number of fused-ring (bicyclic) bond motifs is 3. The summed E-state index contributed by atoms with van der Waals surface area (Å²) in [5.41, 5.74) is -0.711. The number of hydrogen-bond donors (Lipinski definition) is 0. The molecule has 0 unspecified atom stereocenters. The van der Waals surface area contributed by atoms with Crippen LogP contribution in [0.15, 0.2) is 47.3 Å². The van der Waals surface area contributed by atoms with Gasteiger partial charge in [-0.15, -0.1) is 11.3 Å². The summed E-state index contributed by atoms with van der Waals surface area (Å²) >= 11 is 1.18. The number of allylic oxidation sites excluding steroid dienone is 5. The second-order valence-corrected chi connectivity index (χ2v) is 7.28. The fourth-order valence-corrected chi connectivity index (χ4v) is 3.66. The smallest absolute Gasteiger partial charge is 0.362 e. The van der Waals surface area contributed by atoms with Crippen LogP contribution < -0.4 is 10.5 Å². The predicted octanol–water partition coefficient (Wildman–Crippen LogP) is 4.39. The molecule has 3 aromatic rings. The van der Waals surface area contributed by atoms with Crippen molar-refractivity contribution in [3.8, 4) is 0 Å². The van der Waals surface area contributed by atoms with E-state index in [1.54, 1.807) is 11.8 Å². The molecule has 0 bridgehead atoms. The lowest BCUT2D eigenvalue weighted by Crippen LogP contribution is -2.15. The molecule has 0 aliphatic heterocycles. The van der Waals surface area contributed by atoms with Crippen molar-refractivity contribution in [2.75, 3.05) is 19.0 Å². The van der Waals surface area contributed by atoms with Crippen LogP contribution in [0.4, 0.5) is 19.0 Å². The Morgan fingerprint density at radius 2 is 2.03 bits per heavy atom. The summed E-state index contributed by atoms with van der Waals surface area (Å²) in [7, 11) is 3.65. The zero-order chi connectivity index (χ0) is 21.2. The van der Waals surface area contributed by atoms with Crippen molar-refractivity contribution in [3.63, 3.8) is 0 Å². The molecule has 0 aromatic carbocycles. The Morgan fingerprint density at radius 3 is 2.69 bits per heavy atom. The first kappa shape index (κ1) is 20.7. The monoisotopic (exact) mass is 421 g/mol. The molecule has 0 N–H and O–H groups in total. The van der Waals surface area contributed by atoms with Crippen LogP contribution in [0.3, 0.4) is 0 Å². The van der Waals surface area contributed by atoms with Crippen molar-refractivity contribution in [3.05, 3.63) is 52.9 Å². The van der Waals surface area contributed by atoms with Crippen LogP contribution in [0.25, 0.3) is 26.6 Å². The van der Waals surface area contributed by atoms with Gasteiger partial charge in [-0.25, -0.2) is 15.0 Å². The summed E-state index contributed by atoms with van der Waals surface area (Å²) in [4.78, 5) is 28.0. The van der Waals surface area contributed by atoms with Crippen LogP contribution in [0.5, 0.6) is 0 Å². The Hall–Kier alpha value is -3.01. The van der Waals surface area contributed by atoms with Gasteiger partial charge in [0.15, 0.2) is 0 Å². The van der Waals surface area contributed by atoms with E-state index in [4.69, 9.17) is 0 Å². The van der Waals surface area contributed by atoms with E-state index in [0.29, 0.717) is 32.7 Å². The SMILES string of the molecule is CC\C=C/C(=C\C=C\n1cnc2c(sc3ncnc(N(C)C)c32)c1=O)C(F)(F)F. The fraction of sp³-hybridized carbons (Fsp3) is 0.263. The van der Waals surface area contributed by atoms with Gasteiger partial charge in [0.1, 0.15) is 33.5 Å². The number of rotatable bonds is 5. The van der Waals surface area contributed by atoms with Crippen LogP contribution in [0.1, 0.15) is 13.3 Å². The summed E-state index contributed by atoms with van der Waals surface area (Å²) in [5, 5.41) is 0.676. The minimum atomic E-state index is -4.48. The number of anilines is 1. The Morgan fingerprint density at radius 1 is 1.28 bits per heavy atom. The van der Waals surface area contributed by atoms with Crippen LogP contribution in [0.2, 0.25) is 0 Å². The fourth-order valence-electron chi connectivity index (χ4n) is 2.64. The maximum atomic E-state index is 13.0. The Kier molecular flexibility index (Phi) is 5.83. The molecule has 0 atom stereocenters. The molecule has 0 fully saturated rings. The van der Waals surface area contributed by atoms with Crippen molar-refractivity contribution >= 4 is 43.8 Å². The van der Waals surface area contributed by atoms with Gasteiger partial charge < -0.3 is 4.90 Å². The summed E-state index contributed by atoms with van der Waals surface area (Å²) in [5.74, 6) is 0.641. The Labute approximate surface area is 168 Å². The lowest BCUT2D eigenvalue weighted by Gasteiger charge is -2.11. The highest BCUT2D eigenvalue weighted by Gasteiger charge is 2.31. The summed E-state index contributed by atoms with van der Waals surface area (Å²) in [6.45, 7) is 1.75. The van der Waals surface area contributed by atoms with Crippen LogP contribution in [0, 0.1) is 0 Å². The standard InChI is InChI=1S/C19H18F3N5OS/c1-4-5-7-12(19(20,21)22)8-6-9-27-11-25-14-13-16(26(2)3)23-10-24-17(13)29-15(14)18(27)28/h5-11H,4H2,1-3H3/b7-5-,9-6+,12-8+.